The van der Waals surface area contributed by atoms with Crippen molar-refractivity contribution in [1.82, 2.24) is 10.2 Å². The second-order valence-electron chi connectivity index (χ2n) is 6.11. The molecule has 1 heterocycles. The summed E-state index contributed by atoms with van der Waals surface area (Å²) in [6.07, 6.45) is -5.08. The molecule has 0 aliphatic carbocycles. The van der Waals surface area contributed by atoms with Crippen molar-refractivity contribution in [2.75, 3.05) is 26.2 Å². The topological polar surface area (TPSA) is 24.5 Å². The van der Waals surface area contributed by atoms with Crippen molar-refractivity contribution in [2.24, 2.45) is 0 Å². The van der Waals surface area contributed by atoms with Crippen molar-refractivity contribution in [3.05, 3.63) is 60.2 Å². The van der Waals surface area contributed by atoms with E-state index in [2.05, 4.69) is 5.32 Å². The van der Waals surface area contributed by atoms with Crippen LogP contribution >= 0.6 is 12.4 Å². The smallest absolute Gasteiger partial charge is 0.390 e. The summed E-state index contributed by atoms with van der Waals surface area (Å²) in [6, 6.07) is 15.5. The van der Waals surface area contributed by atoms with E-state index in [0.29, 0.717) is 43.2 Å². The summed E-state index contributed by atoms with van der Waals surface area (Å²) in [4.78, 5) is 1.89. The largest absolute Gasteiger partial charge is 0.457 e. The first kappa shape index (κ1) is 20.6. The highest BCUT2D eigenvalue weighted by Gasteiger charge is 2.36. The number of hydrogen-bond donors (Lipinski definition) is 1. The first-order chi connectivity index (χ1) is 12.0. The van der Waals surface area contributed by atoms with Crippen LogP contribution in [-0.2, 0) is 0 Å². The zero-order valence-corrected chi connectivity index (χ0v) is 15.0. The molecule has 2 aromatic rings. The lowest BCUT2D eigenvalue weighted by Crippen LogP contribution is -2.46. The quantitative estimate of drug-likeness (QED) is 0.798. The van der Waals surface area contributed by atoms with Crippen molar-refractivity contribution >= 4 is 12.4 Å². The van der Waals surface area contributed by atoms with Gasteiger partial charge in [-0.15, -0.1) is 12.4 Å². The van der Waals surface area contributed by atoms with Crippen LogP contribution in [0, 0.1) is 0 Å². The third-order valence-corrected chi connectivity index (χ3v) is 4.24. The number of ether oxygens (including phenoxy) is 1. The Labute approximate surface area is 157 Å². The molecule has 1 N–H and O–H groups in total. The van der Waals surface area contributed by atoms with E-state index >= 15 is 0 Å². The number of benzene rings is 2. The van der Waals surface area contributed by atoms with Crippen LogP contribution in [0.1, 0.15) is 18.0 Å². The Balaban J connectivity index is 0.00000243. The third-order valence-electron chi connectivity index (χ3n) is 4.24. The summed E-state index contributed by atoms with van der Waals surface area (Å²) in [5.74, 6) is 1.21. The van der Waals surface area contributed by atoms with Gasteiger partial charge in [-0.3, -0.25) is 4.90 Å². The van der Waals surface area contributed by atoms with Gasteiger partial charge in [-0.05, 0) is 29.8 Å². The summed E-state index contributed by atoms with van der Waals surface area (Å²) in [5.41, 5.74) is 0.632. The van der Waals surface area contributed by atoms with Crippen LogP contribution < -0.4 is 10.1 Å². The minimum absolute atomic E-state index is 0. The van der Waals surface area contributed by atoms with E-state index in [1.807, 2.05) is 35.2 Å². The summed E-state index contributed by atoms with van der Waals surface area (Å²) >= 11 is 0. The lowest BCUT2D eigenvalue weighted by atomic mass is 10.0. The van der Waals surface area contributed by atoms with Gasteiger partial charge >= 0.3 is 6.18 Å². The van der Waals surface area contributed by atoms with Crippen molar-refractivity contribution in [3.8, 4) is 11.5 Å². The number of piperazine rings is 1. The fourth-order valence-corrected chi connectivity index (χ4v) is 3.08. The van der Waals surface area contributed by atoms with E-state index in [0.717, 1.165) is 0 Å². The average Bonchev–Trinajstić information content (AvgIpc) is 2.61. The van der Waals surface area contributed by atoms with E-state index in [9.17, 15) is 13.2 Å². The lowest BCUT2D eigenvalue weighted by Gasteiger charge is -2.35. The standard InChI is InChI=1S/C19H21F3N2O.ClH/c20-19(21,22)14-18(24-11-9-23-10-12-24)15-5-4-8-17(13-15)25-16-6-2-1-3-7-16;/h1-8,13,18,23H,9-12,14H2;1H/t18-;/m0./s1. The van der Waals surface area contributed by atoms with Gasteiger partial charge in [0.2, 0.25) is 0 Å². The van der Waals surface area contributed by atoms with Crippen molar-refractivity contribution in [3.63, 3.8) is 0 Å². The molecule has 1 saturated heterocycles. The number of nitrogens with zero attached hydrogens (tertiary/aromatic N) is 1. The second kappa shape index (κ2) is 9.26. The molecule has 1 aliphatic heterocycles. The molecule has 0 amide bonds. The normalized spacial score (nSPS) is 16.6. The number of rotatable bonds is 5. The number of halogens is 4. The predicted molar refractivity (Wildman–Crippen MR) is 98.1 cm³/mol. The zero-order valence-electron chi connectivity index (χ0n) is 14.2. The molecular weight excluding hydrogens is 365 g/mol. The molecule has 0 saturated carbocycles. The molecular formula is C19H22ClF3N2O. The Morgan fingerprint density at radius 2 is 1.62 bits per heavy atom. The van der Waals surface area contributed by atoms with Crippen LogP contribution in [0.15, 0.2) is 54.6 Å². The molecule has 0 radical (unpaired) electrons. The molecule has 26 heavy (non-hydrogen) atoms. The summed E-state index contributed by atoms with van der Waals surface area (Å²) < 4.78 is 45.1. The minimum atomic E-state index is -4.22. The van der Waals surface area contributed by atoms with E-state index in [1.54, 1.807) is 24.3 Å². The van der Waals surface area contributed by atoms with Gasteiger partial charge in [-0.2, -0.15) is 13.2 Å². The molecule has 1 aliphatic rings. The fourth-order valence-electron chi connectivity index (χ4n) is 3.08. The molecule has 3 rings (SSSR count). The third kappa shape index (κ3) is 5.90. The number of hydrogen-bond acceptors (Lipinski definition) is 3. The summed E-state index contributed by atoms with van der Waals surface area (Å²) in [7, 11) is 0. The van der Waals surface area contributed by atoms with E-state index < -0.39 is 18.6 Å². The molecule has 2 aromatic carbocycles. The molecule has 1 fully saturated rings. The Hall–Kier alpha value is -1.76. The van der Waals surface area contributed by atoms with E-state index in [1.165, 1.54) is 0 Å². The van der Waals surface area contributed by atoms with E-state index in [4.69, 9.17) is 4.74 Å². The number of para-hydroxylation sites is 1. The second-order valence-corrected chi connectivity index (χ2v) is 6.11. The molecule has 0 unspecified atom stereocenters. The first-order valence-corrected chi connectivity index (χ1v) is 8.36. The van der Waals surface area contributed by atoms with Gasteiger partial charge in [0.15, 0.2) is 0 Å². The molecule has 7 heteroatoms. The highest BCUT2D eigenvalue weighted by molar-refractivity contribution is 5.85. The van der Waals surface area contributed by atoms with Gasteiger partial charge in [-0.25, -0.2) is 0 Å². The van der Waals surface area contributed by atoms with Crippen molar-refractivity contribution < 1.29 is 17.9 Å². The number of alkyl halides is 3. The van der Waals surface area contributed by atoms with Gasteiger partial charge < -0.3 is 10.1 Å². The summed E-state index contributed by atoms with van der Waals surface area (Å²) in [5, 5.41) is 3.18. The molecule has 142 valence electrons. The Bertz CT molecular complexity index is 676. The van der Waals surface area contributed by atoms with Crippen LogP contribution in [0.4, 0.5) is 13.2 Å². The maximum atomic E-state index is 13.1. The van der Waals surface area contributed by atoms with Crippen LogP contribution in [0.2, 0.25) is 0 Å². The van der Waals surface area contributed by atoms with Crippen LogP contribution in [-0.4, -0.2) is 37.3 Å². The monoisotopic (exact) mass is 386 g/mol. The van der Waals surface area contributed by atoms with Crippen molar-refractivity contribution in [2.45, 2.75) is 18.6 Å². The Morgan fingerprint density at radius 3 is 2.27 bits per heavy atom. The maximum Gasteiger partial charge on any atom is 0.390 e. The van der Waals surface area contributed by atoms with Gasteiger partial charge in [0.1, 0.15) is 11.5 Å². The van der Waals surface area contributed by atoms with Gasteiger partial charge in [-0.1, -0.05) is 30.3 Å². The van der Waals surface area contributed by atoms with Crippen LogP contribution in [0.5, 0.6) is 11.5 Å². The maximum absolute atomic E-state index is 13.1. The molecule has 3 nitrogen and oxygen atoms in total. The van der Waals surface area contributed by atoms with Crippen molar-refractivity contribution in [1.29, 1.82) is 0 Å². The first-order valence-electron chi connectivity index (χ1n) is 8.36. The highest BCUT2D eigenvalue weighted by atomic mass is 35.5. The predicted octanol–water partition coefficient (Wildman–Crippen LogP) is 4.80. The van der Waals surface area contributed by atoms with Gasteiger partial charge in [0.25, 0.3) is 0 Å². The van der Waals surface area contributed by atoms with E-state index in [-0.39, 0.29) is 12.4 Å². The Kier molecular flexibility index (Phi) is 7.32. The number of nitrogens with one attached hydrogen (secondary N) is 1. The van der Waals surface area contributed by atoms with Crippen LogP contribution in [0.25, 0.3) is 0 Å². The zero-order chi connectivity index (χ0) is 17.7. The fraction of sp³-hybridized carbons (Fsp3) is 0.368. The molecule has 0 aromatic heterocycles. The molecule has 0 spiro atoms. The summed E-state index contributed by atoms with van der Waals surface area (Å²) in [6.45, 7) is 2.61. The van der Waals surface area contributed by atoms with Gasteiger partial charge in [0, 0.05) is 32.2 Å². The average molecular weight is 387 g/mol. The Morgan fingerprint density at radius 1 is 0.962 bits per heavy atom. The minimum Gasteiger partial charge on any atom is -0.457 e. The lowest BCUT2D eigenvalue weighted by molar-refractivity contribution is -0.148. The molecule has 0 bridgehead atoms. The SMILES string of the molecule is Cl.FC(F)(F)C[C@@H](c1cccc(Oc2ccccc2)c1)N1CCNCC1. The van der Waals surface area contributed by atoms with Crippen LogP contribution in [0.3, 0.4) is 0 Å². The molecule has 1 atom stereocenters. The highest BCUT2D eigenvalue weighted by Crippen LogP contribution is 2.35. The van der Waals surface area contributed by atoms with Gasteiger partial charge in [0.05, 0.1) is 6.42 Å².